The van der Waals surface area contributed by atoms with E-state index in [-0.39, 0.29) is 11.2 Å². The number of benzene rings is 1. The van der Waals surface area contributed by atoms with Crippen LogP contribution in [0.5, 0.6) is 0 Å². The van der Waals surface area contributed by atoms with Gasteiger partial charge in [0.25, 0.3) is 11.2 Å². The molecule has 0 fully saturated rings. The van der Waals surface area contributed by atoms with E-state index in [4.69, 9.17) is 9.72 Å². The standard InChI is InChI=1S/C25H29N5O4S/c1-5-28(6-2)12-9-13-29-23(18-10-7-8-11-19(18)30(32)33)27-21-20-17(15-34-4)14-16(3)26-24(20)35-22(21)25(29)31/h7-8,10-11,14H,5-6,9,12-13,15H2,1-4H3. The number of pyridine rings is 1. The zero-order valence-electron chi connectivity index (χ0n) is 20.4. The van der Waals surface area contributed by atoms with Gasteiger partial charge in [0, 0.05) is 30.8 Å². The first kappa shape index (κ1) is 24.9. The third kappa shape index (κ3) is 4.82. The van der Waals surface area contributed by atoms with Gasteiger partial charge >= 0.3 is 0 Å². The number of ether oxygens (including phenoxy) is 1. The predicted octanol–water partition coefficient (Wildman–Crippen LogP) is 4.77. The topological polar surface area (TPSA) is 103 Å². The van der Waals surface area contributed by atoms with Crippen molar-refractivity contribution >= 4 is 37.5 Å². The maximum absolute atomic E-state index is 13.8. The number of fused-ring (bicyclic) bond motifs is 3. The molecule has 0 atom stereocenters. The minimum atomic E-state index is -0.432. The largest absolute Gasteiger partial charge is 0.380 e. The molecule has 4 aromatic rings. The van der Waals surface area contributed by atoms with Crippen LogP contribution in [0.2, 0.25) is 0 Å². The number of aromatic nitrogens is 3. The van der Waals surface area contributed by atoms with Gasteiger partial charge in [0.15, 0.2) is 5.82 Å². The number of nitro groups is 1. The maximum atomic E-state index is 13.8. The first-order valence-corrected chi connectivity index (χ1v) is 12.5. The molecule has 1 aromatic carbocycles. The molecule has 10 heteroatoms. The zero-order chi connectivity index (χ0) is 25.1. The number of aryl methyl sites for hydroxylation is 1. The molecule has 4 rings (SSSR count). The summed E-state index contributed by atoms with van der Waals surface area (Å²) in [6, 6.07) is 8.37. The summed E-state index contributed by atoms with van der Waals surface area (Å²) in [5.41, 5.74) is 2.28. The third-order valence-electron chi connectivity index (χ3n) is 6.15. The van der Waals surface area contributed by atoms with Gasteiger partial charge in [-0.25, -0.2) is 9.97 Å². The number of nitro benzene ring substituents is 1. The highest BCUT2D eigenvalue weighted by Crippen LogP contribution is 2.35. The summed E-state index contributed by atoms with van der Waals surface area (Å²) in [4.78, 5) is 37.8. The average molecular weight is 496 g/mol. The SMILES string of the molecule is CCN(CC)CCCn1c(-c2ccccc2[N+](=O)[O-])nc2c(sc3nc(C)cc(COC)c32)c1=O. The van der Waals surface area contributed by atoms with Gasteiger partial charge in [-0.2, -0.15) is 0 Å². The molecular formula is C25H29N5O4S. The van der Waals surface area contributed by atoms with Gasteiger partial charge in [0.05, 0.1) is 22.6 Å². The van der Waals surface area contributed by atoms with E-state index in [0.717, 1.165) is 42.7 Å². The number of thiophene rings is 1. The lowest BCUT2D eigenvalue weighted by Gasteiger charge is -2.19. The van der Waals surface area contributed by atoms with Crippen LogP contribution in [0.1, 0.15) is 31.5 Å². The Hall–Kier alpha value is -3.21. The molecule has 3 heterocycles. The first-order chi connectivity index (χ1) is 16.9. The minimum absolute atomic E-state index is 0.0816. The van der Waals surface area contributed by atoms with Gasteiger partial charge < -0.3 is 9.64 Å². The van der Waals surface area contributed by atoms with Crippen molar-refractivity contribution in [3.8, 4) is 11.4 Å². The number of rotatable bonds is 10. The summed E-state index contributed by atoms with van der Waals surface area (Å²) < 4.78 is 7.49. The molecule has 0 N–H and O–H groups in total. The molecule has 0 aliphatic rings. The highest BCUT2D eigenvalue weighted by Gasteiger charge is 2.24. The Labute approximate surface area is 207 Å². The zero-order valence-corrected chi connectivity index (χ0v) is 21.2. The van der Waals surface area contributed by atoms with Crippen molar-refractivity contribution in [2.24, 2.45) is 0 Å². The van der Waals surface area contributed by atoms with Crippen molar-refractivity contribution in [2.75, 3.05) is 26.7 Å². The number of para-hydroxylation sites is 1. The molecule has 0 saturated heterocycles. The van der Waals surface area contributed by atoms with Crippen LogP contribution in [0.15, 0.2) is 35.1 Å². The smallest absolute Gasteiger partial charge is 0.280 e. The minimum Gasteiger partial charge on any atom is -0.380 e. The molecule has 0 radical (unpaired) electrons. The van der Waals surface area contributed by atoms with E-state index >= 15 is 0 Å². The summed E-state index contributed by atoms with van der Waals surface area (Å²) in [5, 5.41) is 12.6. The number of hydrogen-bond acceptors (Lipinski definition) is 8. The van der Waals surface area contributed by atoms with Gasteiger partial charge in [-0.3, -0.25) is 19.5 Å². The van der Waals surface area contributed by atoms with Crippen LogP contribution in [-0.4, -0.2) is 51.1 Å². The first-order valence-electron chi connectivity index (χ1n) is 11.7. The van der Waals surface area contributed by atoms with Gasteiger partial charge in [0.1, 0.15) is 9.53 Å². The van der Waals surface area contributed by atoms with Crippen LogP contribution in [0, 0.1) is 17.0 Å². The van der Waals surface area contributed by atoms with E-state index in [2.05, 4.69) is 23.7 Å². The Morgan fingerprint density at radius 1 is 1.20 bits per heavy atom. The fourth-order valence-corrected chi connectivity index (χ4v) is 5.58. The van der Waals surface area contributed by atoms with E-state index < -0.39 is 4.92 Å². The second kappa shape index (κ2) is 10.6. The monoisotopic (exact) mass is 495 g/mol. The summed E-state index contributed by atoms with van der Waals surface area (Å²) in [7, 11) is 1.62. The summed E-state index contributed by atoms with van der Waals surface area (Å²) in [6.45, 7) is 9.52. The third-order valence-corrected chi connectivity index (χ3v) is 7.21. The van der Waals surface area contributed by atoms with Crippen molar-refractivity contribution in [1.29, 1.82) is 0 Å². The number of nitrogens with zero attached hydrogens (tertiary/aromatic N) is 5. The molecule has 184 valence electrons. The molecule has 3 aromatic heterocycles. The van der Waals surface area contributed by atoms with Crippen molar-refractivity contribution < 1.29 is 9.66 Å². The summed E-state index contributed by atoms with van der Waals surface area (Å²) in [6.07, 6.45) is 0.722. The van der Waals surface area contributed by atoms with E-state index in [1.165, 1.54) is 17.4 Å². The van der Waals surface area contributed by atoms with Gasteiger partial charge in [-0.1, -0.05) is 26.0 Å². The molecule has 35 heavy (non-hydrogen) atoms. The summed E-state index contributed by atoms with van der Waals surface area (Å²) >= 11 is 1.31. The fourth-order valence-electron chi connectivity index (χ4n) is 4.43. The van der Waals surface area contributed by atoms with Crippen LogP contribution in [0.4, 0.5) is 5.69 Å². The van der Waals surface area contributed by atoms with Crippen LogP contribution < -0.4 is 5.56 Å². The van der Waals surface area contributed by atoms with Crippen LogP contribution in [-0.2, 0) is 17.9 Å². The van der Waals surface area contributed by atoms with Gasteiger partial charge in [-0.15, -0.1) is 11.3 Å². The molecule has 0 bridgehead atoms. The highest BCUT2D eigenvalue weighted by atomic mass is 32.1. The Balaban J connectivity index is 1.99. The second-order valence-electron chi connectivity index (χ2n) is 8.36. The lowest BCUT2D eigenvalue weighted by atomic mass is 10.1. The summed E-state index contributed by atoms with van der Waals surface area (Å²) in [5.74, 6) is 0.304. The molecular weight excluding hydrogens is 466 g/mol. The van der Waals surface area contributed by atoms with Gasteiger partial charge in [0.2, 0.25) is 0 Å². The predicted molar refractivity (Wildman–Crippen MR) is 139 cm³/mol. The maximum Gasteiger partial charge on any atom is 0.280 e. The second-order valence-corrected chi connectivity index (χ2v) is 9.36. The van der Waals surface area contributed by atoms with Crippen molar-refractivity contribution in [1.82, 2.24) is 19.4 Å². The number of methoxy groups -OCH3 is 1. The number of hydrogen-bond donors (Lipinski definition) is 0. The Morgan fingerprint density at radius 3 is 2.63 bits per heavy atom. The molecule has 0 spiro atoms. The Bertz CT molecular complexity index is 1440. The van der Waals surface area contributed by atoms with Gasteiger partial charge in [-0.05, 0) is 50.7 Å². The lowest BCUT2D eigenvalue weighted by Crippen LogP contribution is -2.28. The molecule has 0 aliphatic heterocycles. The van der Waals surface area contributed by atoms with E-state index in [9.17, 15) is 14.9 Å². The molecule has 0 saturated carbocycles. The van der Waals surface area contributed by atoms with Crippen LogP contribution >= 0.6 is 11.3 Å². The molecule has 9 nitrogen and oxygen atoms in total. The van der Waals surface area contributed by atoms with E-state index in [0.29, 0.717) is 39.6 Å². The van der Waals surface area contributed by atoms with Crippen molar-refractivity contribution in [3.63, 3.8) is 0 Å². The lowest BCUT2D eigenvalue weighted by molar-refractivity contribution is -0.384. The van der Waals surface area contributed by atoms with E-state index in [1.807, 2.05) is 13.0 Å². The molecule has 0 unspecified atom stereocenters. The molecule has 0 aliphatic carbocycles. The Kier molecular flexibility index (Phi) is 7.54. The van der Waals surface area contributed by atoms with Crippen LogP contribution in [0.3, 0.4) is 0 Å². The highest BCUT2D eigenvalue weighted by molar-refractivity contribution is 7.25. The van der Waals surface area contributed by atoms with Crippen LogP contribution in [0.25, 0.3) is 31.8 Å². The quantitative estimate of drug-likeness (QED) is 0.231. The van der Waals surface area contributed by atoms with E-state index in [1.54, 1.807) is 29.9 Å². The fraction of sp³-hybridized carbons (Fsp3) is 0.400. The Morgan fingerprint density at radius 2 is 1.94 bits per heavy atom. The molecule has 0 amide bonds. The van der Waals surface area contributed by atoms with Crippen molar-refractivity contribution in [3.05, 3.63) is 62.1 Å². The van der Waals surface area contributed by atoms with Crippen molar-refractivity contribution in [2.45, 2.75) is 40.3 Å². The normalized spacial score (nSPS) is 11.7. The average Bonchev–Trinajstić information content (AvgIpc) is 3.21.